The second kappa shape index (κ2) is 7.24. The molecule has 0 aliphatic carbocycles. The number of ether oxygens (including phenoxy) is 1. The van der Waals surface area contributed by atoms with E-state index in [4.69, 9.17) is 4.74 Å². The minimum Gasteiger partial charge on any atom is -0.494 e. The Hall–Kier alpha value is -2.62. The second-order valence-electron chi connectivity index (χ2n) is 4.31. The molecule has 0 bridgehead atoms. The fraction of sp³-hybridized carbons (Fsp3) is 0.118. The van der Waals surface area contributed by atoms with Crippen molar-refractivity contribution in [2.75, 3.05) is 11.9 Å². The standard InChI is InChI=1S/C17H16FNO2/c1-2-21-16-8-6-13(7-9-16)17(20)10-11-19-15-5-3-4-14(18)12-15/h3-12,19H,2H2,1H3/b11-10+. The van der Waals surface area contributed by atoms with Gasteiger partial charge in [-0.2, -0.15) is 0 Å². The van der Waals surface area contributed by atoms with Gasteiger partial charge in [0.2, 0.25) is 0 Å². The zero-order valence-electron chi connectivity index (χ0n) is 11.7. The van der Waals surface area contributed by atoms with Gasteiger partial charge in [-0.1, -0.05) is 6.07 Å². The number of allylic oxidation sites excluding steroid dienone is 1. The van der Waals surface area contributed by atoms with Gasteiger partial charge in [0.25, 0.3) is 0 Å². The number of anilines is 1. The molecule has 0 atom stereocenters. The van der Waals surface area contributed by atoms with E-state index in [0.717, 1.165) is 5.75 Å². The number of rotatable bonds is 6. The summed E-state index contributed by atoms with van der Waals surface area (Å²) in [5.41, 5.74) is 1.15. The maximum Gasteiger partial charge on any atom is 0.187 e. The smallest absolute Gasteiger partial charge is 0.187 e. The Morgan fingerprint density at radius 1 is 1.24 bits per heavy atom. The van der Waals surface area contributed by atoms with E-state index in [1.165, 1.54) is 24.4 Å². The summed E-state index contributed by atoms with van der Waals surface area (Å²) in [6, 6.07) is 13.0. The van der Waals surface area contributed by atoms with Gasteiger partial charge in [-0.25, -0.2) is 4.39 Å². The highest BCUT2D eigenvalue weighted by Gasteiger charge is 2.01. The monoisotopic (exact) mass is 285 g/mol. The third-order valence-corrected chi connectivity index (χ3v) is 2.76. The lowest BCUT2D eigenvalue weighted by Crippen LogP contribution is -1.97. The van der Waals surface area contributed by atoms with Crippen molar-refractivity contribution in [1.82, 2.24) is 0 Å². The van der Waals surface area contributed by atoms with Gasteiger partial charge in [-0.05, 0) is 49.4 Å². The summed E-state index contributed by atoms with van der Waals surface area (Å²) in [5, 5.41) is 2.85. The van der Waals surface area contributed by atoms with Crippen LogP contribution >= 0.6 is 0 Å². The molecular weight excluding hydrogens is 269 g/mol. The molecule has 2 aromatic rings. The van der Waals surface area contributed by atoms with Crippen molar-refractivity contribution >= 4 is 11.5 Å². The zero-order chi connectivity index (χ0) is 15.1. The maximum atomic E-state index is 13.0. The average molecular weight is 285 g/mol. The number of hydrogen-bond acceptors (Lipinski definition) is 3. The van der Waals surface area contributed by atoms with Crippen molar-refractivity contribution in [3.05, 3.63) is 72.2 Å². The first-order chi connectivity index (χ1) is 10.2. The fourth-order valence-corrected chi connectivity index (χ4v) is 1.77. The van der Waals surface area contributed by atoms with Crippen molar-refractivity contribution < 1.29 is 13.9 Å². The van der Waals surface area contributed by atoms with Crippen LogP contribution in [0.4, 0.5) is 10.1 Å². The Labute approximate surface area is 123 Å². The predicted molar refractivity (Wildman–Crippen MR) is 81.1 cm³/mol. The molecule has 0 saturated heterocycles. The summed E-state index contributed by atoms with van der Waals surface area (Å²) in [6.07, 6.45) is 2.90. The van der Waals surface area contributed by atoms with Gasteiger partial charge in [0.15, 0.2) is 5.78 Å². The van der Waals surface area contributed by atoms with E-state index in [9.17, 15) is 9.18 Å². The van der Waals surface area contributed by atoms with E-state index >= 15 is 0 Å². The van der Waals surface area contributed by atoms with Gasteiger partial charge in [0, 0.05) is 23.5 Å². The molecule has 3 nitrogen and oxygen atoms in total. The number of ketones is 1. The predicted octanol–water partition coefficient (Wildman–Crippen LogP) is 4.03. The number of carbonyl (C=O) groups is 1. The summed E-state index contributed by atoms with van der Waals surface area (Å²) in [6.45, 7) is 2.49. The number of halogens is 1. The molecule has 0 spiro atoms. The topological polar surface area (TPSA) is 38.3 Å². The lowest BCUT2D eigenvalue weighted by molar-refractivity contribution is 0.104. The van der Waals surface area contributed by atoms with Crippen LogP contribution < -0.4 is 10.1 Å². The lowest BCUT2D eigenvalue weighted by atomic mass is 10.1. The fourth-order valence-electron chi connectivity index (χ4n) is 1.77. The summed E-state index contributed by atoms with van der Waals surface area (Å²) in [7, 11) is 0. The van der Waals surface area contributed by atoms with Crippen LogP contribution in [-0.2, 0) is 0 Å². The van der Waals surface area contributed by atoms with Crippen LogP contribution in [0.2, 0.25) is 0 Å². The largest absolute Gasteiger partial charge is 0.494 e. The second-order valence-corrected chi connectivity index (χ2v) is 4.31. The van der Waals surface area contributed by atoms with Crippen LogP contribution in [0.5, 0.6) is 5.75 Å². The van der Waals surface area contributed by atoms with Crippen molar-refractivity contribution in [1.29, 1.82) is 0 Å². The Morgan fingerprint density at radius 2 is 2.00 bits per heavy atom. The van der Waals surface area contributed by atoms with Crippen LogP contribution in [0.15, 0.2) is 60.8 Å². The van der Waals surface area contributed by atoms with Crippen molar-refractivity contribution in [2.24, 2.45) is 0 Å². The number of carbonyl (C=O) groups excluding carboxylic acids is 1. The highest BCUT2D eigenvalue weighted by atomic mass is 19.1. The summed E-state index contributed by atoms with van der Waals surface area (Å²) in [5.74, 6) is 0.268. The quantitative estimate of drug-likeness (QED) is 0.643. The van der Waals surface area contributed by atoms with E-state index in [1.807, 2.05) is 6.92 Å². The molecular formula is C17H16FNO2. The minimum atomic E-state index is -0.328. The average Bonchev–Trinajstić information content (AvgIpc) is 2.48. The van der Waals surface area contributed by atoms with Gasteiger partial charge in [0.05, 0.1) is 6.61 Å². The first kappa shape index (κ1) is 14.8. The Kier molecular flexibility index (Phi) is 5.10. The SMILES string of the molecule is CCOc1ccc(C(=O)/C=C/Nc2cccc(F)c2)cc1. The van der Waals surface area contributed by atoms with Gasteiger partial charge >= 0.3 is 0 Å². The molecule has 108 valence electrons. The zero-order valence-corrected chi connectivity index (χ0v) is 11.7. The van der Waals surface area contributed by atoms with Crippen LogP contribution in [0.3, 0.4) is 0 Å². The van der Waals surface area contributed by atoms with Gasteiger partial charge in [-0.15, -0.1) is 0 Å². The number of benzene rings is 2. The Morgan fingerprint density at radius 3 is 2.67 bits per heavy atom. The van der Waals surface area contributed by atoms with Gasteiger partial charge in [-0.3, -0.25) is 4.79 Å². The summed E-state index contributed by atoms with van der Waals surface area (Å²) < 4.78 is 18.3. The van der Waals surface area contributed by atoms with Crippen molar-refractivity contribution in [3.63, 3.8) is 0 Å². The third-order valence-electron chi connectivity index (χ3n) is 2.76. The van der Waals surface area contributed by atoms with E-state index in [2.05, 4.69) is 5.32 Å². The highest BCUT2D eigenvalue weighted by Crippen LogP contribution is 2.13. The molecule has 0 aliphatic heterocycles. The van der Waals surface area contributed by atoms with E-state index in [0.29, 0.717) is 17.9 Å². The number of hydrogen-bond donors (Lipinski definition) is 1. The molecule has 2 rings (SSSR count). The molecule has 0 amide bonds. The number of nitrogens with one attached hydrogen (secondary N) is 1. The molecule has 0 radical (unpaired) electrons. The molecule has 0 aliphatic rings. The van der Waals surface area contributed by atoms with Crippen LogP contribution in [0.1, 0.15) is 17.3 Å². The highest BCUT2D eigenvalue weighted by molar-refractivity contribution is 6.04. The molecule has 0 heterocycles. The van der Waals surface area contributed by atoms with E-state index in [-0.39, 0.29) is 11.6 Å². The van der Waals surface area contributed by atoms with Crippen molar-refractivity contribution in [3.8, 4) is 5.75 Å². The minimum absolute atomic E-state index is 0.137. The molecule has 0 saturated carbocycles. The normalized spacial score (nSPS) is 10.6. The Balaban J connectivity index is 1.95. The summed E-state index contributed by atoms with van der Waals surface area (Å²) in [4.78, 5) is 11.9. The lowest BCUT2D eigenvalue weighted by Gasteiger charge is -2.03. The molecule has 0 fully saturated rings. The van der Waals surface area contributed by atoms with Crippen molar-refractivity contribution in [2.45, 2.75) is 6.92 Å². The van der Waals surface area contributed by atoms with Gasteiger partial charge in [0.1, 0.15) is 11.6 Å². The van der Waals surface area contributed by atoms with Gasteiger partial charge < -0.3 is 10.1 Å². The third kappa shape index (κ3) is 4.45. The van der Waals surface area contributed by atoms with Crippen LogP contribution in [0.25, 0.3) is 0 Å². The maximum absolute atomic E-state index is 13.0. The summed E-state index contributed by atoms with van der Waals surface area (Å²) >= 11 is 0. The first-order valence-electron chi connectivity index (χ1n) is 6.65. The molecule has 0 unspecified atom stereocenters. The van der Waals surface area contributed by atoms with Crippen LogP contribution in [-0.4, -0.2) is 12.4 Å². The molecule has 2 aromatic carbocycles. The van der Waals surface area contributed by atoms with Crippen LogP contribution in [0, 0.1) is 5.82 Å². The molecule has 4 heteroatoms. The first-order valence-corrected chi connectivity index (χ1v) is 6.65. The van der Waals surface area contributed by atoms with E-state index < -0.39 is 0 Å². The molecule has 21 heavy (non-hydrogen) atoms. The molecule has 0 aromatic heterocycles. The van der Waals surface area contributed by atoms with E-state index in [1.54, 1.807) is 36.4 Å². The molecule has 1 N–H and O–H groups in total. The Bertz CT molecular complexity index is 635.